The van der Waals surface area contributed by atoms with Gasteiger partial charge < -0.3 is 20.1 Å². The Kier molecular flexibility index (Phi) is 9.06. The summed E-state index contributed by atoms with van der Waals surface area (Å²) >= 11 is 0. The monoisotopic (exact) mass is 559 g/mol. The zero-order valence-corrected chi connectivity index (χ0v) is 20.8. The molecule has 10 heteroatoms. The number of hydrogen-bond acceptors (Lipinski definition) is 4. The lowest BCUT2D eigenvalue weighted by atomic mass is 10.2. The minimum absolute atomic E-state index is 0. The molecule has 0 saturated carbocycles. The average Bonchev–Trinajstić information content (AvgIpc) is 3.28. The molecule has 3 heterocycles. The summed E-state index contributed by atoms with van der Waals surface area (Å²) in [5.41, 5.74) is 0.0567. The molecule has 1 saturated heterocycles. The van der Waals surface area contributed by atoms with Gasteiger partial charge in [0, 0.05) is 51.6 Å². The molecule has 4 rings (SSSR count). The fourth-order valence-corrected chi connectivity index (χ4v) is 4.38. The van der Waals surface area contributed by atoms with E-state index in [-0.39, 0.29) is 35.7 Å². The Morgan fingerprint density at radius 1 is 1.16 bits per heavy atom. The first-order valence-electron chi connectivity index (χ1n) is 11.3. The Morgan fingerprint density at radius 2 is 1.97 bits per heavy atom. The van der Waals surface area contributed by atoms with Crippen molar-refractivity contribution in [2.24, 2.45) is 4.99 Å². The number of aryl methyl sites for hydroxylation is 1. The van der Waals surface area contributed by atoms with Crippen LogP contribution >= 0.6 is 24.0 Å². The average molecular weight is 559 g/mol. The number of guanidine groups is 1. The van der Waals surface area contributed by atoms with Crippen LogP contribution in [0.1, 0.15) is 44.3 Å². The van der Waals surface area contributed by atoms with E-state index in [0.29, 0.717) is 19.6 Å². The van der Waals surface area contributed by atoms with E-state index in [0.717, 1.165) is 50.0 Å². The number of halogens is 3. The number of anilines is 1. The first-order chi connectivity index (χ1) is 15.2. The van der Waals surface area contributed by atoms with Gasteiger partial charge in [-0.25, -0.2) is 8.78 Å². The van der Waals surface area contributed by atoms with E-state index >= 15 is 0 Å². The highest BCUT2D eigenvalue weighted by Gasteiger charge is 2.27. The largest absolute Gasteiger partial charge is 0.365 e. The van der Waals surface area contributed by atoms with Gasteiger partial charge in [-0.1, -0.05) is 12.5 Å². The zero-order valence-electron chi connectivity index (χ0n) is 18.5. The van der Waals surface area contributed by atoms with E-state index in [1.165, 1.54) is 37.5 Å². The van der Waals surface area contributed by atoms with Crippen LogP contribution in [0.25, 0.3) is 0 Å². The summed E-state index contributed by atoms with van der Waals surface area (Å²) in [6.45, 7) is 5.48. The maximum absolute atomic E-state index is 14.1. The van der Waals surface area contributed by atoms with Crippen molar-refractivity contribution in [1.29, 1.82) is 0 Å². The summed E-state index contributed by atoms with van der Waals surface area (Å²) < 4.78 is 30.5. The zero-order chi connectivity index (χ0) is 21.6. The van der Waals surface area contributed by atoms with Crippen molar-refractivity contribution in [2.75, 3.05) is 31.1 Å². The molecule has 1 unspecified atom stereocenters. The van der Waals surface area contributed by atoms with Gasteiger partial charge in [-0.15, -0.1) is 34.2 Å². The highest BCUT2D eigenvalue weighted by Crippen LogP contribution is 2.26. The molecule has 0 bridgehead atoms. The fourth-order valence-electron chi connectivity index (χ4n) is 4.38. The van der Waals surface area contributed by atoms with Gasteiger partial charge in [0.1, 0.15) is 29.0 Å². The van der Waals surface area contributed by atoms with Crippen molar-refractivity contribution >= 4 is 35.6 Å². The van der Waals surface area contributed by atoms with Crippen molar-refractivity contribution in [3.05, 3.63) is 41.5 Å². The van der Waals surface area contributed by atoms with Crippen LogP contribution in [-0.2, 0) is 19.4 Å². The third-order valence-corrected chi connectivity index (χ3v) is 5.92. The van der Waals surface area contributed by atoms with Crippen LogP contribution in [0.4, 0.5) is 14.5 Å². The molecular formula is C22H32F2IN7. The molecule has 0 spiro atoms. The van der Waals surface area contributed by atoms with Gasteiger partial charge in [-0.05, 0) is 38.3 Å². The van der Waals surface area contributed by atoms with E-state index in [1.54, 1.807) is 4.90 Å². The summed E-state index contributed by atoms with van der Waals surface area (Å²) in [6, 6.07) is 4.07. The van der Waals surface area contributed by atoms with E-state index in [2.05, 4.69) is 25.4 Å². The van der Waals surface area contributed by atoms with Crippen molar-refractivity contribution in [3.63, 3.8) is 0 Å². The Hall–Kier alpha value is -1.98. The number of nitrogens with one attached hydrogen (secondary N) is 2. The SMILES string of the molecule is CCNC(=NCCc1nnc2n1CCCCC2)NC1CCN(c2c(F)cccc2F)C1.I. The highest BCUT2D eigenvalue weighted by molar-refractivity contribution is 14.0. The van der Waals surface area contributed by atoms with Crippen LogP contribution < -0.4 is 15.5 Å². The van der Waals surface area contributed by atoms with Crippen LogP contribution in [0.15, 0.2) is 23.2 Å². The van der Waals surface area contributed by atoms with Crippen molar-refractivity contribution in [2.45, 2.75) is 58.0 Å². The number of fused-ring (bicyclic) bond motifs is 1. The molecule has 2 aromatic rings. The summed E-state index contributed by atoms with van der Waals surface area (Å²) in [7, 11) is 0. The lowest BCUT2D eigenvalue weighted by Crippen LogP contribution is -2.44. The van der Waals surface area contributed by atoms with Gasteiger partial charge >= 0.3 is 0 Å². The molecule has 2 aliphatic heterocycles. The number of aromatic nitrogens is 3. The van der Waals surface area contributed by atoms with Gasteiger partial charge in [-0.2, -0.15) is 0 Å². The highest BCUT2D eigenvalue weighted by atomic mass is 127. The Morgan fingerprint density at radius 3 is 2.75 bits per heavy atom. The summed E-state index contributed by atoms with van der Waals surface area (Å²) in [5.74, 6) is 1.77. The molecule has 1 aromatic heterocycles. The Labute approximate surface area is 205 Å². The number of benzene rings is 1. The maximum Gasteiger partial charge on any atom is 0.191 e. The van der Waals surface area contributed by atoms with E-state index in [4.69, 9.17) is 4.99 Å². The minimum Gasteiger partial charge on any atom is -0.365 e. The van der Waals surface area contributed by atoms with Crippen LogP contribution in [0.5, 0.6) is 0 Å². The molecule has 32 heavy (non-hydrogen) atoms. The summed E-state index contributed by atoms with van der Waals surface area (Å²) in [4.78, 5) is 6.46. The van der Waals surface area contributed by atoms with Gasteiger partial charge in [0.15, 0.2) is 5.96 Å². The lowest BCUT2D eigenvalue weighted by Gasteiger charge is -2.21. The summed E-state index contributed by atoms with van der Waals surface area (Å²) in [5, 5.41) is 15.4. The van der Waals surface area contributed by atoms with Gasteiger partial charge in [0.25, 0.3) is 0 Å². The molecule has 176 valence electrons. The molecule has 0 aliphatic carbocycles. The van der Waals surface area contributed by atoms with E-state index in [9.17, 15) is 8.78 Å². The molecule has 1 fully saturated rings. The number of para-hydroxylation sites is 1. The molecule has 0 amide bonds. The maximum atomic E-state index is 14.1. The molecule has 1 aromatic carbocycles. The second-order valence-corrected chi connectivity index (χ2v) is 8.15. The van der Waals surface area contributed by atoms with Crippen molar-refractivity contribution in [1.82, 2.24) is 25.4 Å². The van der Waals surface area contributed by atoms with Gasteiger partial charge in [0.2, 0.25) is 0 Å². The smallest absolute Gasteiger partial charge is 0.191 e. The first kappa shape index (κ1) is 24.7. The molecule has 0 radical (unpaired) electrons. The minimum atomic E-state index is -0.520. The standard InChI is InChI=1S/C22H31F2N7.HI/c1-2-25-22(26-12-10-20-29-28-19-9-4-3-5-13-31(19)20)27-16-11-14-30(15-16)21-17(23)7-6-8-18(21)24;/h6-8,16H,2-5,9-15H2,1H3,(H2,25,26,27);1H. The Balaban J connectivity index is 0.00000289. The lowest BCUT2D eigenvalue weighted by molar-refractivity contribution is 0.576. The van der Waals surface area contributed by atoms with Crippen LogP contribution in [-0.4, -0.2) is 52.9 Å². The van der Waals surface area contributed by atoms with Gasteiger partial charge in [-0.3, -0.25) is 4.99 Å². The van der Waals surface area contributed by atoms with Crippen molar-refractivity contribution < 1.29 is 8.78 Å². The number of aliphatic imine (C=N–C) groups is 1. The number of nitrogens with zero attached hydrogens (tertiary/aromatic N) is 5. The van der Waals surface area contributed by atoms with E-state index in [1.807, 2.05) is 6.92 Å². The molecular weight excluding hydrogens is 527 g/mol. The van der Waals surface area contributed by atoms with Crippen LogP contribution in [0.3, 0.4) is 0 Å². The second kappa shape index (κ2) is 11.8. The molecule has 1 atom stereocenters. The summed E-state index contributed by atoms with van der Waals surface area (Å²) in [6.07, 6.45) is 6.12. The number of rotatable bonds is 6. The second-order valence-electron chi connectivity index (χ2n) is 8.15. The third kappa shape index (κ3) is 5.87. The predicted molar refractivity (Wildman–Crippen MR) is 133 cm³/mol. The van der Waals surface area contributed by atoms with E-state index < -0.39 is 11.6 Å². The van der Waals surface area contributed by atoms with Crippen molar-refractivity contribution in [3.8, 4) is 0 Å². The van der Waals surface area contributed by atoms with Gasteiger partial charge in [0.05, 0.1) is 0 Å². The molecule has 2 N–H and O–H groups in total. The third-order valence-electron chi connectivity index (χ3n) is 5.92. The predicted octanol–water partition coefficient (Wildman–Crippen LogP) is 3.28. The van der Waals surface area contributed by atoms with Crippen LogP contribution in [0, 0.1) is 11.6 Å². The topological polar surface area (TPSA) is 70.4 Å². The Bertz CT molecular complexity index is 897. The molecule has 2 aliphatic rings. The number of hydrogen-bond donors (Lipinski definition) is 2. The molecule has 7 nitrogen and oxygen atoms in total. The quantitative estimate of drug-likeness (QED) is 0.323. The first-order valence-corrected chi connectivity index (χ1v) is 11.3. The normalized spacial score (nSPS) is 18.7. The fraction of sp³-hybridized carbons (Fsp3) is 0.591. The van der Waals surface area contributed by atoms with Crippen LogP contribution in [0.2, 0.25) is 0 Å².